The summed E-state index contributed by atoms with van der Waals surface area (Å²) < 4.78 is 37.2. The molecule has 1 fully saturated rings. The third-order valence-electron chi connectivity index (χ3n) is 4.12. The number of carbonyl (C=O) groups excluding carboxylic acids is 1. The normalized spacial score (nSPS) is 15.3. The van der Waals surface area contributed by atoms with E-state index in [1.807, 2.05) is 6.92 Å². The molecule has 10 heteroatoms. The van der Waals surface area contributed by atoms with Gasteiger partial charge < -0.3 is 14.5 Å². The van der Waals surface area contributed by atoms with Gasteiger partial charge in [0.2, 0.25) is 15.9 Å². The molecule has 0 aliphatic carbocycles. The average molecular weight is 436 g/mol. The molecule has 154 valence electrons. The SMILES string of the molecule is Cc1ccc(C=CC(=O)NC(=S)Nc2ccc(S(=O)(=O)N3CCOCC3)cc2)o1. The lowest BCUT2D eigenvalue weighted by Gasteiger charge is -2.26. The van der Waals surface area contributed by atoms with Crippen LogP contribution in [0.3, 0.4) is 0 Å². The summed E-state index contributed by atoms with van der Waals surface area (Å²) in [4.78, 5) is 12.1. The molecule has 2 N–H and O–H groups in total. The van der Waals surface area contributed by atoms with Gasteiger partial charge in [0.05, 0.1) is 18.1 Å². The van der Waals surface area contributed by atoms with Crippen LogP contribution in [0.25, 0.3) is 6.08 Å². The van der Waals surface area contributed by atoms with Crippen LogP contribution in [0, 0.1) is 6.92 Å². The molecule has 1 saturated heterocycles. The Balaban J connectivity index is 1.55. The molecule has 1 aliphatic rings. The third-order valence-corrected chi connectivity index (χ3v) is 6.23. The number of ether oxygens (including phenoxy) is 1. The molecular formula is C19H21N3O5S2. The number of hydrogen-bond acceptors (Lipinski definition) is 6. The monoisotopic (exact) mass is 435 g/mol. The van der Waals surface area contributed by atoms with Crippen molar-refractivity contribution in [3.63, 3.8) is 0 Å². The fraction of sp³-hybridized carbons (Fsp3) is 0.263. The Kier molecular flexibility index (Phi) is 6.80. The van der Waals surface area contributed by atoms with Crippen LogP contribution < -0.4 is 10.6 Å². The standard InChI is InChI=1S/C19H21N3O5S2/c1-14-2-5-16(27-14)6-9-18(23)21-19(28)20-15-3-7-17(8-4-15)29(24,25)22-10-12-26-13-11-22/h2-9H,10-13H2,1H3,(H2,20,21,23,28). The minimum Gasteiger partial charge on any atom is -0.462 e. The van der Waals surface area contributed by atoms with Gasteiger partial charge in [-0.3, -0.25) is 10.1 Å². The summed E-state index contributed by atoms with van der Waals surface area (Å²) >= 11 is 5.12. The number of morpholine rings is 1. The number of rotatable bonds is 5. The average Bonchev–Trinajstić information content (AvgIpc) is 3.12. The smallest absolute Gasteiger partial charge is 0.250 e. The van der Waals surface area contributed by atoms with Crippen molar-refractivity contribution < 1.29 is 22.4 Å². The zero-order valence-corrected chi connectivity index (χ0v) is 17.4. The van der Waals surface area contributed by atoms with Crippen LogP contribution in [-0.2, 0) is 19.6 Å². The summed E-state index contributed by atoms with van der Waals surface area (Å²) in [6, 6.07) is 9.73. The van der Waals surface area contributed by atoms with E-state index in [-0.39, 0.29) is 10.0 Å². The molecule has 2 heterocycles. The first-order valence-corrected chi connectivity index (χ1v) is 10.7. The van der Waals surface area contributed by atoms with Crippen LogP contribution in [0.15, 0.2) is 51.8 Å². The van der Waals surface area contributed by atoms with Crippen molar-refractivity contribution >= 4 is 45.0 Å². The summed E-state index contributed by atoms with van der Waals surface area (Å²) in [7, 11) is -3.55. The highest BCUT2D eigenvalue weighted by molar-refractivity contribution is 7.89. The van der Waals surface area contributed by atoms with E-state index in [1.54, 1.807) is 24.3 Å². The van der Waals surface area contributed by atoms with Gasteiger partial charge in [0.1, 0.15) is 11.5 Å². The maximum Gasteiger partial charge on any atom is 0.250 e. The summed E-state index contributed by atoms with van der Waals surface area (Å²) in [5, 5.41) is 5.46. The summed E-state index contributed by atoms with van der Waals surface area (Å²) in [6.45, 7) is 3.27. The van der Waals surface area contributed by atoms with Crippen molar-refractivity contribution in [3.8, 4) is 0 Å². The van der Waals surface area contributed by atoms with Crippen LogP contribution >= 0.6 is 12.2 Å². The fourth-order valence-corrected chi connectivity index (χ4v) is 4.29. The number of carbonyl (C=O) groups is 1. The number of aryl methyl sites for hydroxylation is 1. The van der Waals surface area contributed by atoms with Crippen LogP contribution in [-0.4, -0.2) is 50.0 Å². The molecule has 1 aromatic carbocycles. The number of amides is 1. The predicted molar refractivity (Wildman–Crippen MR) is 113 cm³/mol. The van der Waals surface area contributed by atoms with Gasteiger partial charge in [0.15, 0.2) is 5.11 Å². The Morgan fingerprint density at radius 3 is 2.45 bits per heavy atom. The third kappa shape index (κ3) is 5.73. The number of sulfonamides is 1. The maximum absolute atomic E-state index is 12.6. The van der Waals surface area contributed by atoms with Gasteiger partial charge in [-0.2, -0.15) is 4.31 Å². The van der Waals surface area contributed by atoms with Gasteiger partial charge in [0.25, 0.3) is 0 Å². The van der Waals surface area contributed by atoms with E-state index in [9.17, 15) is 13.2 Å². The lowest BCUT2D eigenvalue weighted by molar-refractivity contribution is -0.115. The lowest BCUT2D eigenvalue weighted by Crippen LogP contribution is -2.40. The number of hydrogen-bond donors (Lipinski definition) is 2. The summed E-state index contributed by atoms with van der Waals surface area (Å²) in [5.41, 5.74) is 0.557. The molecule has 8 nitrogen and oxygen atoms in total. The van der Waals surface area contributed by atoms with E-state index in [4.69, 9.17) is 21.4 Å². The molecule has 0 bridgehead atoms. The highest BCUT2D eigenvalue weighted by Gasteiger charge is 2.26. The zero-order valence-electron chi connectivity index (χ0n) is 15.8. The van der Waals surface area contributed by atoms with Gasteiger partial charge in [-0.1, -0.05) is 0 Å². The predicted octanol–water partition coefficient (Wildman–Crippen LogP) is 2.14. The van der Waals surface area contributed by atoms with Crippen molar-refractivity contribution in [2.24, 2.45) is 0 Å². The van der Waals surface area contributed by atoms with Crippen LogP contribution in [0.4, 0.5) is 5.69 Å². The minimum absolute atomic E-state index is 0.0964. The largest absolute Gasteiger partial charge is 0.462 e. The Morgan fingerprint density at radius 1 is 1.14 bits per heavy atom. The second kappa shape index (κ2) is 9.31. The molecule has 1 aromatic heterocycles. The second-order valence-electron chi connectivity index (χ2n) is 6.27. The van der Waals surface area contributed by atoms with E-state index >= 15 is 0 Å². The van der Waals surface area contributed by atoms with Crippen LogP contribution in [0.5, 0.6) is 0 Å². The van der Waals surface area contributed by atoms with Gasteiger partial charge in [-0.25, -0.2) is 8.42 Å². The molecule has 1 amide bonds. The molecule has 1 aliphatic heterocycles. The number of thiocarbonyl (C=S) groups is 1. The van der Waals surface area contributed by atoms with E-state index in [1.165, 1.54) is 28.6 Å². The first kappa shape index (κ1) is 21.2. The molecule has 0 spiro atoms. The highest BCUT2D eigenvalue weighted by atomic mass is 32.2. The summed E-state index contributed by atoms with van der Waals surface area (Å²) in [5.74, 6) is 0.901. The first-order valence-electron chi connectivity index (χ1n) is 8.89. The van der Waals surface area contributed by atoms with E-state index in [0.717, 1.165) is 5.76 Å². The number of nitrogens with one attached hydrogen (secondary N) is 2. The quantitative estimate of drug-likeness (QED) is 0.548. The molecule has 3 rings (SSSR count). The fourth-order valence-electron chi connectivity index (χ4n) is 2.66. The Bertz CT molecular complexity index is 1010. The Hall–Kier alpha value is -2.53. The van der Waals surface area contributed by atoms with E-state index in [0.29, 0.717) is 37.8 Å². The molecule has 2 aromatic rings. The molecule has 0 atom stereocenters. The van der Waals surface area contributed by atoms with Crippen molar-refractivity contribution in [2.45, 2.75) is 11.8 Å². The summed E-state index contributed by atoms with van der Waals surface area (Å²) in [6.07, 6.45) is 2.85. The van der Waals surface area contributed by atoms with Crippen LogP contribution in [0.1, 0.15) is 11.5 Å². The van der Waals surface area contributed by atoms with Gasteiger partial charge in [-0.05, 0) is 61.6 Å². The zero-order chi connectivity index (χ0) is 20.9. The molecule has 0 radical (unpaired) electrons. The molecule has 0 unspecified atom stereocenters. The second-order valence-corrected chi connectivity index (χ2v) is 8.61. The Labute approximate surface area is 174 Å². The lowest BCUT2D eigenvalue weighted by atomic mass is 10.3. The highest BCUT2D eigenvalue weighted by Crippen LogP contribution is 2.19. The van der Waals surface area contributed by atoms with E-state index in [2.05, 4.69) is 10.6 Å². The van der Waals surface area contributed by atoms with Crippen molar-refractivity contribution in [2.75, 3.05) is 31.6 Å². The first-order chi connectivity index (χ1) is 13.8. The molecule has 0 saturated carbocycles. The van der Waals surface area contributed by atoms with Crippen molar-refractivity contribution in [3.05, 3.63) is 54.0 Å². The van der Waals surface area contributed by atoms with Gasteiger partial charge in [0, 0.05) is 24.9 Å². The van der Waals surface area contributed by atoms with Crippen LogP contribution in [0.2, 0.25) is 0 Å². The number of furan rings is 1. The number of anilines is 1. The van der Waals surface area contributed by atoms with Gasteiger partial charge >= 0.3 is 0 Å². The molecule has 29 heavy (non-hydrogen) atoms. The topological polar surface area (TPSA) is 101 Å². The minimum atomic E-state index is -3.55. The number of nitrogens with zero attached hydrogens (tertiary/aromatic N) is 1. The van der Waals surface area contributed by atoms with Gasteiger partial charge in [-0.15, -0.1) is 0 Å². The van der Waals surface area contributed by atoms with E-state index < -0.39 is 15.9 Å². The molecular weight excluding hydrogens is 414 g/mol. The number of benzene rings is 1. The van der Waals surface area contributed by atoms with Crippen molar-refractivity contribution in [1.82, 2.24) is 9.62 Å². The van der Waals surface area contributed by atoms with Crippen molar-refractivity contribution in [1.29, 1.82) is 0 Å². The maximum atomic E-state index is 12.6. The Morgan fingerprint density at radius 2 is 1.83 bits per heavy atom.